The number of hydrogen-bond acceptors (Lipinski definition) is 2. The van der Waals surface area contributed by atoms with Crippen LogP contribution in [0.25, 0.3) is 55.6 Å². The molecule has 0 saturated heterocycles. The minimum absolute atomic E-state index is 0.103. The summed E-state index contributed by atoms with van der Waals surface area (Å²) in [5.41, 5.74) is 15.8. The number of hydrogen-bond donors (Lipinski definition) is 0. The van der Waals surface area contributed by atoms with E-state index in [1.165, 1.54) is 73.2 Å². The molecule has 0 fully saturated rings. The lowest BCUT2D eigenvalue weighted by molar-refractivity contribution is 0.369. The maximum Gasteiger partial charge on any atom is 0.314 e. The van der Waals surface area contributed by atoms with Gasteiger partial charge in [-0.15, -0.1) is 0 Å². The first-order valence-corrected chi connectivity index (χ1v) is 30.1. The molecule has 0 heterocycles. The Morgan fingerprint density at radius 1 is 0.411 bits per heavy atom. The normalized spacial score (nSPS) is 13.7. The zero-order chi connectivity index (χ0) is 39.6. The lowest BCUT2D eigenvalue weighted by atomic mass is 9.70. The Morgan fingerprint density at radius 3 is 1.12 bits per heavy atom. The Balaban J connectivity index is 1.30. The molecule has 6 aromatic rings. The van der Waals surface area contributed by atoms with Gasteiger partial charge >= 0.3 is 8.56 Å². The third-order valence-electron chi connectivity index (χ3n) is 11.2. The second-order valence-corrected chi connectivity index (χ2v) is 30.9. The van der Waals surface area contributed by atoms with Crippen LogP contribution in [0.4, 0.5) is 0 Å². The lowest BCUT2D eigenvalue weighted by Crippen LogP contribution is -2.52. The van der Waals surface area contributed by atoms with Gasteiger partial charge in [0, 0.05) is 5.41 Å². The van der Waals surface area contributed by atoms with Crippen LogP contribution in [0.5, 0.6) is 0 Å². The Bertz CT molecular complexity index is 2080. The van der Waals surface area contributed by atoms with Crippen LogP contribution in [0.15, 0.2) is 146 Å². The fourth-order valence-corrected chi connectivity index (χ4v) is 21.6. The highest BCUT2D eigenvalue weighted by molar-refractivity contribution is 6.87. The average molecular weight is 789 g/mol. The molecule has 0 N–H and O–H groups in total. The zero-order valence-electron chi connectivity index (χ0n) is 34.9. The van der Waals surface area contributed by atoms with Crippen molar-refractivity contribution in [3.05, 3.63) is 157 Å². The zero-order valence-corrected chi connectivity index (χ0v) is 37.9. The van der Waals surface area contributed by atoms with Gasteiger partial charge in [0.25, 0.3) is 0 Å². The van der Waals surface area contributed by atoms with Gasteiger partial charge in [-0.1, -0.05) is 160 Å². The first kappa shape index (κ1) is 40.1. The van der Waals surface area contributed by atoms with Crippen molar-refractivity contribution >= 4 is 25.2 Å². The van der Waals surface area contributed by atoms with Crippen LogP contribution in [-0.2, 0) is 13.6 Å². The van der Waals surface area contributed by atoms with Gasteiger partial charge in [0.1, 0.15) is 0 Å². The smallest absolute Gasteiger partial charge is 0.314 e. The van der Waals surface area contributed by atoms with E-state index in [1.54, 1.807) is 0 Å². The minimum atomic E-state index is -2.41. The molecule has 56 heavy (non-hydrogen) atoms. The molecule has 0 unspecified atom stereocenters. The molecule has 2 nitrogen and oxygen atoms in total. The monoisotopic (exact) mass is 788 g/mol. The molecule has 1 aliphatic rings. The highest BCUT2D eigenvalue weighted by atomic mass is 28.5. The third-order valence-corrected chi connectivity index (χ3v) is 20.9. The molecule has 0 saturated carbocycles. The van der Waals surface area contributed by atoms with Crippen molar-refractivity contribution in [1.29, 1.82) is 0 Å². The van der Waals surface area contributed by atoms with Crippen molar-refractivity contribution in [2.45, 2.75) is 96.3 Å². The largest absolute Gasteiger partial charge is 0.437 e. The van der Waals surface area contributed by atoms with E-state index in [1.807, 2.05) is 0 Å². The molecule has 7 rings (SSSR count). The van der Waals surface area contributed by atoms with Gasteiger partial charge in [-0.2, -0.15) is 0 Å². The van der Waals surface area contributed by atoms with E-state index in [9.17, 15) is 0 Å². The standard InChI is InChI=1S/C51H60O2Si3/c1-9-10-34-51(35-17-36-56(8,52-54(2,3)4)53-55(5,6)7)49-37-45(43-26-22-41(23-27-43)39-18-13-11-14-19-39)30-32-47(49)48-33-31-46(38-50(48)51)44-28-24-42(25-29-44)40-20-15-12-16-21-40/h11-16,18-33,37-38H,9-10,17,34-36H2,1-8H3. The Morgan fingerprint density at radius 2 is 0.750 bits per heavy atom. The van der Waals surface area contributed by atoms with Gasteiger partial charge in [0.15, 0.2) is 16.6 Å². The van der Waals surface area contributed by atoms with Crippen LogP contribution >= 0.6 is 0 Å². The lowest BCUT2D eigenvalue weighted by Gasteiger charge is -2.40. The van der Waals surface area contributed by atoms with Crippen molar-refractivity contribution in [2.75, 3.05) is 0 Å². The van der Waals surface area contributed by atoms with Crippen LogP contribution in [0.1, 0.15) is 50.2 Å². The van der Waals surface area contributed by atoms with Crippen LogP contribution in [0.3, 0.4) is 0 Å². The SMILES string of the molecule is CCCCC1(CCC[Si](C)(O[Si](C)(C)C)O[Si](C)(C)C)c2cc(-c3ccc(-c4ccccc4)cc3)ccc2-c2ccc(-c3ccc(-c4ccccc4)cc3)cc21. The first-order chi connectivity index (χ1) is 26.8. The van der Waals surface area contributed by atoms with Crippen molar-refractivity contribution in [3.63, 3.8) is 0 Å². The summed E-state index contributed by atoms with van der Waals surface area (Å²) in [7, 11) is -6.03. The summed E-state index contributed by atoms with van der Waals surface area (Å²) >= 11 is 0. The summed E-state index contributed by atoms with van der Waals surface area (Å²) in [6.45, 7) is 18.6. The predicted molar refractivity (Wildman–Crippen MR) is 248 cm³/mol. The molecular formula is C51H60O2Si3. The summed E-state index contributed by atoms with van der Waals surface area (Å²) in [6, 6.07) is 55.3. The van der Waals surface area contributed by atoms with E-state index in [0.717, 1.165) is 31.7 Å². The Labute approximate surface area is 340 Å². The molecule has 0 spiro atoms. The third kappa shape index (κ3) is 9.03. The summed E-state index contributed by atoms with van der Waals surface area (Å²) in [5.74, 6) is 0. The van der Waals surface area contributed by atoms with Crippen molar-refractivity contribution < 1.29 is 8.23 Å². The topological polar surface area (TPSA) is 18.5 Å². The minimum Gasteiger partial charge on any atom is -0.437 e. The number of rotatable bonds is 15. The average Bonchev–Trinajstić information content (AvgIpc) is 3.44. The van der Waals surface area contributed by atoms with Gasteiger partial charge < -0.3 is 8.23 Å². The van der Waals surface area contributed by atoms with Crippen LogP contribution in [0, 0.1) is 0 Å². The van der Waals surface area contributed by atoms with Crippen molar-refractivity contribution in [2.24, 2.45) is 0 Å². The van der Waals surface area contributed by atoms with Crippen molar-refractivity contribution in [3.8, 4) is 55.6 Å². The maximum absolute atomic E-state index is 7.05. The molecule has 5 heteroatoms. The van der Waals surface area contributed by atoms with Crippen molar-refractivity contribution in [1.82, 2.24) is 0 Å². The number of fused-ring (bicyclic) bond motifs is 3. The highest BCUT2D eigenvalue weighted by Gasteiger charge is 2.45. The molecular weight excluding hydrogens is 729 g/mol. The van der Waals surface area contributed by atoms with Crippen LogP contribution in [0.2, 0.25) is 51.9 Å². The summed E-state index contributed by atoms with van der Waals surface area (Å²) < 4.78 is 14.1. The maximum atomic E-state index is 7.05. The van der Waals surface area contributed by atoms with Gasteiger partial charge in [-0.3, -0.25) is 0 Å². The molecule has 1 aliphatic carbocycles. The molecule has 0 radical (unpaired) electrons. The Hall–Kier alpha value is -4.11. The van der Waals surface area contributed by atoms with Gasteiger partial charge in [-0.25, -0.2) is 0 Å². The van der Waals surface area contributed by atoms with Crippen LogP contribution < -0.4 is 0 Å². The second kappa shape index (κ2) is 16.4. The molecule has 0 bridgehead atoms. The summed E-state index contributed by atoms with van der Waals surface area (Å²) in [6.07, 6.45) is 5.62. The highest BCUT2D eigenvalue weighted by Crippen LogP contribution is 2.56. The predicted octanol–water partition coefficient (Wildman–Crippen LogP) is 15.4. The van der Waals surface area contributed by atoms with E-state index in [0.29, 0.717) is 0 Å². The Kier molecular flexibility index (Phi) is 11.7. The van der Waals surface area contributed by atoms with Gasteiger partial charge in [0.05, 0.1) is 0 Å². The molecule has 0 amide bonds. The number of benzene rings is 6. The molecule has 288 valence electrons. The quantitative estimate of drug-likeness (QED) is 0.0965. The molecule has 6 aromatic carbocycles. The number of unbranched alkanes of at least 4 members (excludes halogenated alkanes) is 1. The fraction of sp³-hybridized carbons (Fsp3) is 0.294. The van der Waals surface area contributed by atoms with E-state index >= 15 is 0 Å². The second-order valence-electron chi connectivity index (χ2n) is 18.0. The van der Waals surface area contributed by atoms with Gasteiger partial charge in [-0.05, 0) is 144 Å². The van der Waals surface area contributed by atoms with E-state index in [-0.39, 0.29) is 5.41 Å². The molecule has 0 aliphatic heterocycles. The van der Waals surface area contributed by atoms with Gasteiger partial charge in [0.2, 0.25) is 0 Å². The van der Waals surface area contributed by atoms with Crippen LogP contribution in [-0.4, -0.2) is 25.2 Å². The van der Waals surface area contributed by atoms with E-state index in [2.05, 4.69) is 198 Å². The van der Waals surface area contributed by atoms with E-state index in [4.69, 9.17) is 8.23 Å². The summed E-state index contributed by atoms with van der Waals surface area (Å²) in [4.78, 5) is 0. The molecule has 0 atom stereocenters. The first-order valence-electron chi connectivity index (χ1n) is 20.8. The van der Waals surface area contributed by atoms with E-state index < -0.39 is 25.2 Å². The summed E-state index contributed by atoms with van der Waals surface area (Å²) in [5, 5.41) is 0. The molecule has 0 aromatic heterocycles. The fourth-order valence-electron chi connectivity index (χ4n) is 9.10.